The van der Waals surface area contributed by atoms with Crippen molar-refractivity contribution in [1.29, 1.82) is 0 Å². The lowest BCUT2D eigenvalue weighted by Crippen LogP contribution is -2.18. The molecule has 1 heterocycles. The largest absolute Gasteiger partial charge is 0.322 e. The Balaban J connectivity index is 3.01. The van der Waals surface area contributed by atoms with E-state index < -0.39 is 0 Å². The van der Waals surface area contributed by atoms with Crippen LogP contribution < -0.4 is 5.73 Å². The van der Waals surface area contributed by atoms with Gasteiger partial charge in [-0.3, -0.25) is 4.98 Å². The Hall–Kier alpha value is -0.310. The van der Waals surface area contributed by atoms with Crippen molar-refractivity contribution in [2.75, 3.05) is 0 Å². The van der Waals surface area contributed by atoms with Gasteiger partial charge in [0, 0.05) is 6.20 Å². The number of aromatic nitrogens is 1. The minimum atomic E-state index is -0.134. The van der Waals surface area contributed by atoms with E-state index in [0.717, 1.165) is 0 Å². The second-order valence-electron chi connectivity index (χ2n) is 3.29. The molecule has 1 rings (SSSR count). The summed E-state index contributed by atoms with van der Waals surface area (Å²) in [7, 11) is 0. The van der Waals surface area contributed by atoms with E-state index in [1.807, 2.05) is 13.8 Å². The molecule has 0 aliphatic heterocycles. The molecule has 1 aromatic rings. The van der Waals surface area contributed by atoms with Gasteiger partial charge in [-0.1, -0.05) is 37.0 Å². The van der Waals surface area contributed by atoms with Gasteiger partial charge < -0.3 is 5.73 Å². The fourth-order valence-corrected chi connectivity index (χ4v) is 1.49. The zero-order chi connectivity index (χ0) is 10.0. The highest BCUT2D eigenvalue weighted by atomic mass is 35.5. The third-order valence-corrected chi connectivity index (χ3v) is 2.38. The lowest BCUT2D eigenvalue weighted by molar-refractivity contribution is 0.503. The van der Waals surface area contributed by atoms with Crippen molar-refractivity contribution in [3.05, 3.63) is 28.0 Å². The Morgan fingerprint density at radius 1 is 1.38 bits per heavy atom. The van der Waals surface area contributed by atoms with Gasteiger partial charge in [-0.05, 0) is 12.0 Å². The van der Waals surface area contributed by atoms with E-state index >= 15 is 0 Å². The first kappa shape index (κ1) is 10.8. The topological polar surface area (TPSA) is 38.9 Å². The van der Waals surface area contributed by atoms with E-state index in [9.17, 15) is 0 Å². The Morgan fingerprint density at radius 3 is 2.46 bits per heavy atom. The van der Waals surface area contributed by atoms with Crippen molar-refractivity contribution in [2.24, 2.45) is 11.7 Å². The van der Waals surface area contributed by atoms with Crippen LogP contribution >= 0.6 is 23.2 Å². The molecule has 13 heavy (non-hydrogen) atoms. The smallest absolute Gasteiger partial charge is 0.0760 e. The molecule has 72 valence electrons. The van der Waals surface area contributed by atoms with E-state index in [1.54, 1.807) is 12.3 Å². The highest BCUT2D eigenvalue weighted by molar-refractivity contribution is 6.34. The second kappa shape index (κ2) is 4.27. The van der Waals surface area contributed by atoms with E-state index in [2.05, 4.69) is 4.98 Å². The first-order valence-electron chi connectivity index (χ1n) is 4.09. The van der Waals surface area contributed by atoms with Crippen molar-refractivity contribution in [3.63, 3.8) is 0 Å². The molecule has 0 saturated carbocycles. The van der Waals surface area contributed by atoms with Crippen LogP contribution in [0.15, 0.2) is 12.3 Å². The summed E-state index contributed by atoms with van der Waals surface area (Å²) >= 11 is 11.7. The van der Waals surface area contributed by atoms with Crippen LogP contribution in [0, 0.1) is 5.92 Å². The Morgan fingerprint density at radius 2 is 2.00 bits per heavy atom. The maximum atomic E-state index is 5.94. The minimum Gasteiger partial charge on any atom is -0.322 e. The van der Waals surface area contributed by atoms with Crippen LogP contribution in [0.3, 0.4) is 0 Å². The van der Waals surface area contributed by atoms with Crippen LogP contribution in [-0.4, -0.2) is 4.98 Å². The van der Waals surface area contributed by atoms with E-state index in [1.165, 1.54) is 0 Å². The first-order valence-corrected chi connectivity index (χ1v) is 4.84. The fourth-order valence-electron chi connectivity index (χ4n) is 0.986. The predicted octanol–water partition coefficient (Wildman–Crippen LogP) is 3.04. The molecular weight excluding hydrogens is 207 g/mol. The normalized spacial score (nSPS) is 13.4. The molecular formula is C9H12Cl2N2. The average Bonchev–Trinajstić information content (AvgIpc) is 2.03. The van der Waals surface area contributed by atoms with Crippen LogP contribution in [-0.2, 0) is 0 Å². The van der Waals surface area contributed by atoms with Crippen molar-refractivity contribution >= 4 is 23.2 Å². The molecule has 4 heteroatoms. The van der Waals surface area contributed by atoms with Crippen molar-refractivity contribution < 1.29 is 0 Å². The summed E-state index contributed by atoms with van der Waals surface area (Å²) in [6, 6.07) is 1.53. The van der Waals surface area contributed by atoms with Crippen LogP contribution in [0.1, 0.15) is 25.6 Å². The SMILES string of the molecule is CC(C)[C@H](N)c1ncc(Cl)cc1Cl. The molecule has 0 aromatic carbocycles. The number of pyridine rings is 1. The van der Waals surface area contributed by atoms with Gasteiger partial charge in [-0.25, -0.2) is 0 Å². The second-order valence-corrected chi connectivity index (χ2v) is 4.13. The lowest BCUT2D eigenvalue weighted by Gasteiger charge is -2.15. The van der Waals surface area contributed by atoms with Gasteiger partial charge in [-0.15, -0.1) is 0 Å². The molecule has 2 N–H and O–H groups in total. The third kappa shape index (κ3) is 2.56. The molecule has 0 bridgehead atoms. The molecule has 0 amide bonds. The quantitative estimate of drug-likeness (QED) is 0.830. The zero-order valence-corrected chi connectivity index (χ0v) is 9.10. The maximum Gasteiger partial charge on any atom is 0.0760 e. The highest BCUT2D eigenvalue weighted by Gasteiger charge is 2.15. The molecule has 0 aliphatic carbocycles. The van der Waals surface area contributed by atoms with E-state index in [-0.39, 0.29) is 6.04 Å². The summed E-state index contributed by atoms with van der Waals surface area (Å²) in [4.78, 5) is 4.11. The monoisotopic (exact) mass is 218 g/mol. The number of hydrogen-bond acceptors (Lipinski definition) is 2. The van der Waals surface area contributed by atoms with Crippen molar-refractivity contribution in [2.45, 2.75) is 19.9 Å². The fraction of sp³-hybridized carbons (Fsp3) is 0.444. The van der Waals surface area contributed by atoms with Gasteiger partial charge in [0.1, 0.15) is 0 Å². The lowest BCUT2D eigenvalue weighted by atomic mass is 10.0. The minimum absolute atomic E-state index is 0.134. The molecule has 0 unspecified atom stereocenters. The van der Waals surface area contributed by atoms with Gasteiger partial charge in [0.25, 0.3) is 0 Å². The summed E-state index contributed by atoms with van der Waals surface area (Å²) in [6.07, 6.45) is 1.56. The van der Waals surface area contributed by atoms with E-state index in [4.69, 9.17) is 28.9 Å². The Kier molecular flexibility index (Phi) is 3.54. The summed E-state index contributed by atoms with van der Waals surface area (Å²) in [6.45, 7) is 4.05. The Labute approximate surface area is 88.1 Å². The first-order chi connectivity index (χ1) is 6.02. The summed E-state index contributed by atoms with van der Waals surface area (Å²) in [5.41, 5.74) is 6.61. The molecule has 1 atom stereocenters. The molecule has 0 aliphatic rings. The van der Waals surface area contributed by atoms with E-state index in [0.29, 0.717) is 21.7 Å². The van der Waals surface area contributed by atoms with Gasteiger partial charge in [-0.2, -0.15) is 0 Å². The molecule has 1 aromatic heterocycles. The molecule has 0 fully saturated rings. The standard InChI is InChI=1S/C9H12Cl2N2/c1-5(2)8(12)9-7(11)3-6(10)4-13-9/h3-5,8H,12H2,1-2H3/t8-/m0/s1. The molecule has 0 spiro atoms. The van der Waals surface area contributed by atoms with Crippen molar-refractivity contribution in [1.82, 2.24) is 4.98 Å². The molecule has 0 radical (unpaired) electrons. The number of halogens is 2. The third-order valence-electron chi connectivity index (χ3n) is 1.87. The summed E-state index contributed by atoms with van der Waals surface area (Å²) in [5, 5.41) is 1.07. The Bertz CT molecular complexity index is 300. The average molecular weight is 219 g/mol. The van der Waals surface area contributed by atoms with Crippen LogP contribution in [0.5, 0.6) is 0 Å². The maximum absolute atomic E-state index is 5.94. The number of nitrogens with zero attached hydrogens (tertiary/aromatic N) is 1. The number of rotatable bonds is 2. The predicted molar refractivity (Wildman–Crippen MR) is 56.0 cm³/mol. The van der Waals surface area contributed by atoms with Crippen LogP contribution in [0.4, 0.5) is 0 Å². The van der Waals surface area contributed by atoms with Gasteiger partial charge in [0.05, 0.1) is 21.8 Å². The van der Waals surface area contributed by atoms with Crippen molar-refractivity contribution in [3.8, 4) is 0 Å². The summed E-state index contributed by atoms with van der Waals surface area (Å²) in [5.74, 6) is 0.311. The van der Waals surface area contributed by atoms with Crippen LogP contribution in [0.25, 0.3) is 0 Å². The molecule has 2 nitrogen and oxygen atoms in total. The number of hydrogen-bond donors (Lipinski definition) is 1. The zero-order valence-electron chi connectivity index (χ0n) is 7.59. The van der Waals surface area contributed by atoms with Gasteiger partial charge in [0.15, 0.2) is 0 Å². The number of nitrogens with two attached hydrogens (primary N) is 1. The highest BCUT2D eigenvalue weighted by Crippen LogP contribution is 2.26. The van der Waals surface area contributed by atoms with Gasteiger partial charge in [0.2, 0.25) is 0 Å². The molecule has 0 saturated heterocycles. The summed E-state index contributed by atoms with van der Waals surface area (Å²) < 4.78 is 0. The van der Waals surface area contributed by atoms with Gasteiger partial charge >= 0.3 is 0 Å². The van der Waals surface area contributed by atoms with Crippen LogP contribution in [0.2, 0.25) is 10.0 Å².